The second-order valence-electron chi connectivity index (χ2n) is 7.93. The van der Waals surface area contributed by atoms with Gasteiger partial charge in [-0.05, 0) is 53.8 Å². The first-order valence-corrected chi connectivity index (χ1v) is 12.1. The highest BCUT2D eigenvalue weighted by Crippen LogP contribution is 2.42. The summed E-state index contributed by atoms with van der Waals surface area (Å²) in [6.07, 6.45) is 1.67. The Balaban J connectivity index is 1.50. The van der Waals surface area contributed by atoms with Gasteiger partial charge in [0.2, 0.25) is 11.8 Å². The van der Waals surface area contributed by atoms with Crippen molar-refractivity contribution in [1.82, 2.24) is 0 Å². The molecule has 1 aliphatic heterocycles. The Kier molecular flexibility index (Phi) is 6.96. The van der Waals surface area contributed by atoms with Crippen LogP contribution in [-0.4, -0.2) is 17.6 Å². The highest BCUT2D eigenvalue weighted by atomic mass is 32.2. The normalized spacial score (nSPS) is 16.8. The molecule has 0 saturated carbocycles. The van der Waals surface area contributed by atoms with Crippen LogP contribution in [0.4, 0.5) is 11.4 Å². The average molecular weight is 445 g/mol. The van der Waals surface area contributed by atoms with Crippen LogP contribution in [0.5, 0.6) is 0 Å². The van der Waals surface area contributed by atoms with Crippen LogP contribution in [0.3, 0.4) is 0 Å². The van der Waals surface area contributed by atoms with Crippen molar-refractivity contribution in [1.29, 1.82) is 0 Å². The zero-order valence-electron chi connectivity index (χ0n) is 18.5. The van der Waals surface area contributed by atoms with Gasteiger partial charge in [-0.25, -0.2) is 0 Å². The number of carbonyl (C=O) groups excluding carboxylic acids is 2. The van der Waals surface area contributed by atoms with Gasteiger partial charge in [0, 0.05) is 11.4 Å². The van der Waals surface area contributed by atoms with Crippen molar-refractivity contribution in [2.24, 2.45) is 0 Å². The molecule has 5 heteroatoms. The van der Waals surface area contributed by atoms with Gasteiger partial charge in [-0.2, -0.15) is 0 Å². The van der Waals surface area contributed by atoms with Crippen LogP contribution in [0.1, 0.15) is 48.3 Å². The lowest BCUT2D eigenvalue weighted by Crippen LogP contribution is -2.27. The van der Waals surface area contributed by atoms with Gasteiger partial charge in [0.05, 0.1) is 11.7 Å². The summed E-state index contributed by atoms with van der Waals surface area (Å²) in [5.74, 6) is 0.406. The standard InChI is InChI=1S/C27H28N2O2S/c1-3-19-9-8-12-23(17-19)29-25(30)18-32-27(29)21-13-15-22(16-14-21)28-26(31)24(4-2)20-10-6-5-7-11-20/h5-17,24,27H,3-4,18H2,1-2H3,(H,28,31)/t24-,27-/m0/s1. The first-order chi connectivity index (χ1) is 15.6. The first-order valence-electron chi connectivity index (χ1n) is 11.1. The summed E-state index contributed by atoms with van der Waals surface area (Å²) in [6, 6.07) is 25.9. The van der Waals surface area contributed by atoms with Crippen molar-refractivity contribution in [2.45, 2.75) is 38.0 Å². The number of benzene rings is 3. The van der Waals surface area contributed by atoms with Crippen LogP contribution >= 0.6 is 11.8 Å². The van der Waals surface area contributed by atoms with Gasteiger partial charge in [0.1, 0.15) is 5.37 Å². The minimum Gasteiger partial charge on any atom is -0.326 e. The van der Waals surface area contributed by atoms with E-state index in [1.807, 2.05) is 78.6 Å². The molecule has 0 aliphatic carbocycles. The van der Waals surface area contributed by atoms with Gasteiger partial charge in [-0.3, -0.25) is 14.5 Å². The van der Waals surface area contributed by atoms with Crippen LogP contribution < -0.4 is 10.2 Å². The molecule has 0 aromatic heterocycles. The number of thioether (sulfide) groups is 1. The molecule has 1 saturated heterocycles. The molecular formula is C27H28N2O2S. The lowest BCUT2D eigenvalue weighted by atomic mass is 9.95. The Morgan fingerprint density at radius 3 is 2.47 bits per heavy atom. The molecular weight excluding hydrogens is 416 g/mol. The van der Waals surface area contributed by atoms with Crippen LogP contribution in [0.2, 0.25) is 0 Å². The average Bonchev–Trinajstić information content (AvgIpc) is 3.22. The Morgan fingerprint density at radius 1 is 1.03 bits per heavy atom. The van der Waals surface area contributed by atoms with E-state index in [9.17, 15) is 9.59 Å². The second kappa shape index (κ2) is 10.0. The Morgan fingerprint density at radius 2 is 1.78 bits per heavy atom. The maximum atomic E-state index is 12.9. The van der Waals surface area contributed by atoms with Crippen LogP contribution in [-0.2, 0) is 16.0 Å². The number of nitrogens with one attached hydrogen (secondary N) is 1. The van der Waals surface area contributed by atoms with Crippen LogP contribution in [0.15, 0.2) is 78.9 Å². The zero-order valence-corrected chi connectivity index (χ0v) is 19.3. The van der Waals surface area contributed by atoms with Crippen LogP contribution in [0.25, 0.3) is 0 Å². The van der Waals surface area contributed by atoms with Gasteiger partial charge < -0.3 is 5.32 Å². The molecule has 3 aromatic rings. The fourth-order valence-corrected chi connectivity index (χ4v) is 5.27. The molecule has 4 rings (SSSR count). The molecule has 1 heterocycles. The van der Waals surface area contributed by atoms with Crippen molar-refractivity contribution in [2.75, 3.05) is 16.0 Å². The molecule has 3 aromatic carbocycles. The number of aryl methyl sites for hydroxylation is 1. The van der Waals surface area contributed by atoms with E-state index in [4.69, 9.17) is 0 Å². The summed E-state index contributed by atoms with van der Waals surface area (Å²) in [5, 5.41) is 2.99. The van der Waals surface area contributed by atoms with E-state index in [1.165, 1.54) is 5.56 Å². The molecule has 0 bridgehead atoms. The molecule has 1 aliphatic rings. The molecule has 0 spiro atoms. The SMILES string of the molecule is CCc1cccc(N2C(=O)CS[C@H]2c2ccc(NC(=O)[C@@H](CC)c3ccccc3)cc2)c1. The van der Waals surface area contributed by atoms with Gasteiger partial charge in [0.15, 0.2) is 0 Å². The highest BCUT2D eigenvalue weighted by molar-refractivity contribution is 8.00. The summed E-state index contributed by atoms with van der Waals surface area (Å²) in [7, 11) is 0. The van der Waals surface area contributed by atoms with E-state index in [1.54, 1.807) is 11.8 Å². The number of anilines is 2. The van der Waals surface area contributed by atoms with Crippen LogP contribution in [0, 0.1) is 0 Å². The maximum absolute atomic E-state index is 12.9. The highest BCUT2D eigenvalue weighted by Gasteiger charge is 2.34. The molecule has 1 fully saturated rings. The molecule has 1 N–H and O–H groups in total. The number of amides is 2. The number of carbonyl (C=O) groups is 2. The van der Waals surface area contributed by atoms with E-state index >= 15 is 0 Å². The number of hydrogen-bond donors (Lipinski definition) is 1. The third-order valence-corrected chi connectivity index (χ3v) is 7.07. The molecule has 2 atom stereocenters. The van der Waals surface area contributed by atoms with E-state index in [0.717, 1.165) is 35.3 Å². The Bertz CT molecular complexity index is 1080. The molecule has 4 nitrogen and oxygen atoms in total. The van der Waals surface area contributed by atoms with E-state index < -0.39 is 0 Å². The fourth-order valence-electron chi connectivity index (χ4n) is 4.09. The summed E-state index contributed by atoms with van der Waals surface area (Å²) in [4.78, 5) is 27.4. The minimum atomic E-state index is -0.180. The van der Waals surface area contributed by atoms with E-state index in [-0.39, 0.29) is 23.1 Å². The van der Waals surface area contributed by atoms with Crippen molar-refractivity contribution in [3.8, 4) is 0 Å². The predicted octanol–water partition coefficient (Wildman–Crippen LogP) is 6.16. The smallest absolute Gasteiger partial charge is 0.238 e. The molecule has 164 valence electrons. The molecule has 0 radical (unpaired) electrons. The number of rotatable bonds is 7. The predicted molar refractivity (Wildman–Crippen MR) is 133 cm³/mol. The van der Waals surface area contributed by atoms with Gasteiger partial charge in [0.25, 0.3) is 0 Å². The summed E-state index contributed by atoms with van der Waals surface area (Å²) < 4.78 is 0. The zero-order chi connectivity index (χ0) is 22.5. The first kappa shape index (κ1) is 22.2. The largest absolute Gasteiger partial charge is 0.326 e. The number of hydrogen-bond acceptors (Lipinski definition) is 3. The fraction of sp³-hybridized carbons (Fsp3) is 0.259. The molecule has 32 heavy (non-hydrogen) atoms. The van der Waals surface area contributed by atoms with Gasteiger partial charge >= 0.3 is 0 Å². The van der Waals surface area contributed by atoms with Crippen molar-refractivity contribution < 1.29 is 9.59 Å². The van der Waals surface area contributed by atoms with Crippen molar-refractivity contribution in [3.63, 3.8) is 0 Å². The Hall–Kier alpha value is -3.05. The quantitative estimate of drug-likeness (QED) is 0.475. The molecule has 2 amide bonds. The maximum Gasteiger partial charge on any atom is 0.238 e. The summed E-state index contributed by atoms with van der Waals surface area (Å²) >= 11 is 1.63. The third-order valence-electron chi connectivity index (χ3n) is 5.85. The third kappa shape index (κ3) is 4.73. The lowest BCUT2D eigenvalue weighted by Gasteiger charge is -2.25. The van der Waals surface area contributed by atoms with Gasteiger partial charge in [-0.1, -0.05) is 68.4 Å². The van der Waals surface area contributed by atoms with E-state index in [2.05, 4.69) is 24.4 Å². The monoisotopic (exact) mass is 444 g/mol. The summed E-state index contributed by atoms with van der Waals surface area (Å²) in [5.41, 5.74) is 5.00. The van der Waals surface area contributed by atoms with Gasteiger partial charge in [-0.15, -0.1) is 11.8 Å². The second-order valence-corrected chi connectivity index (χ2v) is 9.00. The lowest BCUT2D eigenvalue weighted by molar-refractivity contribution is -0.118. The van der Waals surface area contributed by atoms with E-state index in [0.29, 0.717) is 5.75 Å². The van der Waals surface area contributed by atoms with Crippen molar-refractivity contribution >= 4 is 35.0 Å². The summed E-state index contributed by atoms with van der Waals surface area (Å²) in [6.45, 7) is 4.14. The number of nitrogens with zero attached hydrogens (tertiary/aromatic N) is 1. The topological polar surface area (TPSA) is 49.4 Å². The van der Waals surface area contributed by atoms with Crippen molar-refractivity contribution in [3.05, 3.63) is 95.6 Å². The minimum absolute atomic E-state index is 0.00474. The Labute approximate surface area is 194 Å². The molecule has 0 unspecified atom stereocenters.